The first kappa shape index (κ1) is 20.3. The van der Waals surface area contributed by atoms with Crippen molar-refractivity contribution in [3.05, 3.63) is 47.5 Å². The van der Waals surface area contributed by atoms with E-state index in [1.807, 2.05) is 19.1 Å². The number of hydrogen-bond acceptors (Lipinski definition) is 5. The fraction of sp³-hybridized carbons (Fsp3) is 0.316. The molecular formula is C19H22ClNO4S. The summed E-state index contributed by atoms with van der Waals surface area (Å²) in [4.78, 5) is 12.3. The van der Waals surface area contributed by atoms with Crippen molar-refractivity contribution in [2.75, 3.05) is 31.9 Å². The molecule has 26 heavy (non-hydrogen) atoms. The van der Waals surface area contributed by atoms with Crippen LogP contribution in [0.2, 0.25) is 5.02 Å². The molecule has 0 aliphatic rings. The van der Waals surface area contributed by atoms with Crippen molar-refractivity contribution in [3.63, 3.8) is 0 Å². The molecule has 140 valence electrons. The lowest BCUT2D eigenvalue weighted by Crippen LogP contribution is -2.23. The second kappa shape index (κ2) is 10.2. The highest BCUT2D eigenvalue weighted by molar-refractivity contribution is 8.00. The van der Waals surface area contributed by atoms with Crippen LogP contribution in [0, 0.1) is 0 Å². The Bertz CT molecular complexity index is 724. The quantitative estimate of drug-likeness (QED) is 0.633. The molecule has 2 rings (SSSR count). The maximum Gasteiger partial charge on any atom is 0.237 e. The van der Waals surface area contributed by atoms with Crippen molar-refractivity contribution in [1.82, 2.24) is 0 Å². The average molecular weight is 396 g/mol. The van der Waals surface area contributed by atoms with Gasteiger partial charge in [0.2, 0.25) is 5.91 Å². The minimum Gasteiger partial charge on any atom is -0.493 e. The van der Waals surface area contributed by atoms with Gasteiger partial charge >= 0.3 is 0 Å². The van der Waals surface area contributed by atoms with Crippen LogP contribution in [0.4, 0.5) is 5.69 Å². The molecule has 0 heterocycles. The van der Waals surface area contributed by atoms with E-state index in [1.54, 1.807) is 44.6 Å². The monoisotopic (exact) mass is 395 g/mol. The average Bonchev–Trinajstić information content (AvgIpc) is 2.66. The van der Waals surface area contributed by atoms with E-state index >= 15 is 0 Å². The summed E-state index contributed by atoms with van der Waals surface area (Å²) in [6.07, 6.45) is 0. The Morgan fingerprint density at radius 3 is 2.46 bits per heavy atom. The number of ether oxygens (including phenoxy) is 3. The van der Waals surface area contributed by atoms with Gasteiger partial charge in [-0.1, -0.05) is 11.6 Å². The summed E-state index contributed by atoms with van der Waals surface area (Å²) in [5, 5.41) is 3.34. The third-order valence-corrected chi connectivity index (χ3v) is 4.92. The second-order valence-corrected chi connectivity index (χ2v) is 7.26. The Morgan fingerprint density at radius 1 is 1.12 bits per heavy atom. The highest BCUT2D eigenvalue weighted by Crippen LogP contribution is 2.30. The lowest BCUT2D eigenvalue weighted by atomic mass is 10.2. The Morgan fingerprint density at radius 2 is 1.81 bits per heavy atom. The first-order valence-electron chi connectivity index (χ1n) is 8.06. The third kappa shape index (κ3) is 6.04. The Kier molecular flexibility index (Phi) is 7.94. The van der Waals surface area contributed by atoms with Crippen LogP contribution in [0.25, 0.3) is 0 Å². The van der Waals surface area contributed by atoms with Crippen LogP contribution in [0.1, 0.15) is 6.92 Å². The summed E-state index contributed by atoms with van der Waals surface area (Å²) in [7, 11) is 3.13. The number of amides is 1. The zero-order valence-electron chi connectivity index (χ0n) is 15.0. The molecule has 1 atom stereocenters. The SMILES string of the molecule is COc1ccc(NC(=O)C(C)SCCOc2ccc(Cl)cc2)cc1OC. The number of nitrogens with one attached hydrogen (secondary N) is 1. The van der Waals surface area contributed by atoms with Crippen LogP contribution in [0.3, 0.4) is 0 Å². The van der Waals surface area contributed by atoms with Gasteiger partial charge in [0.15, 0.2) is 11.5 Å². The van der Waals surface area contributed by atoms with Crippen LogP contribution >= 0.6 is 23.4 Å². The van der Waals surface area contributed by atoms with Crippen LogP contribution < -0.4 is 19.5 Å². The molecule has 0 spiro atoms. The molecule has 0 saturated carbocycles. The minimum atomic E-state index is -0.211. The molecule has 2 aromatic carbocycles. The highest BCUT2D eigenvalue weighted by Gasteiger charge is 2.14. The Labute approximate surface area is 163 Å². The largest absolute Gasteiger partial charge is 0.493 e. The van der Waals surface area contributed by atoms with Crippen LogP contribution in [-0.2, 0) is 4.79 Å². The molecule has 5 nitrogen and oxygen atoms in total. The van der Waals surface area contributed by atoms with E-state index in [1.165, 1.54) is 11.8 Å². The van der Waals surface area contributed by atoms with Gasteiger partial charge < -0.3 is 19.5 Å². The smallest absolute Gasteiger partial charge is 0.237 e. The Balaban J connectivity index is 1.77. The van der Waals surface area contributed by atoms with Gasteiger partial charge in [0.25, 0.3) is 0 Å². The molecule has 0 saturated heterocycles. The molecule has 0 fully saturated rings. The van der Waals surface area contributed by atoms with E-state index in [2.05, 4.69) is 5.32 Å². The standard InChI is InChI=1S/C19H22ClNO4S/c1-13(26-11-10-25-16-7-4-14(20)5-8-16)19(22)21-15-6-9-17(23-2)18(12-15)24-3/h4-9,12-13H,10-11H2,1-3H3,(H,21,22). The molecule has 0 radical (unpaired) electrons. The number of methoxy groups -OCH3 is 2. The maximum absolute atomic E-state index is 12.3. The van der Waals surface area contributed by atoms with E-state index < -0.39 is 0 Å². The van der Waals surface area contributed by atoms with Crippen molar-refractivity contribution < 1.29 is 19.0 Å². The normalized spacial score (nSPS) is 11.5. The van der Waals surface area contributed by atoms with Crippen LogP contribution in [0.15, 0.2) is 42.5 Å². The maximum atomic E-state index is 12.3. The summed E-state index contributed by atoms with van der Waals surface area (Å²) >= 11 is 7.36. The number of thioether (sulfide) groups is 1. The molecular weight excluding hydrogens is 374 g/mol. The van der Waals surface area contributed by atoms with Gasteiger partial charge in [-0.3, -0.25) is 4.79 Å². The summed E-state index contributed by atoms with van der Waals surface area (Å²) < 4.78 is 16.1. The second-order valence-electron chi connectivity index (χ2n) is 5.37. The van der Waals surface area contributed by atoms with Crippen LogP contribution in [-0.4, -0.2) is 37.7 Å². The molecule has 2 aromatic rings. The molecule has 0 aliphatic carbocycles. The predicted octanol–water partition coefficient (Wildman–Crippen LogP) is 4.50. The summed E-state index contributed by atoms with van der Waals surface area (Å²) in [5.74, 6) is 2.57. The van der Waals surface area contributed by atoms with Crippen LogP contribution in [0.5, 0.6) is 17.2 Å². The van der Waals surface area contributed by atoms with Gasteiger partial charge in [0, 0.05) is 22.5 Å². The molecule has 0 aromatic heterocycles. The lowest BCUT2D eigenvalue weighted by molar-refractivity contribution is -0.115. The van der Waals surface area contributed by atoms with Gasteiger partial charge in [-0.15, -0.1) is 11.8 Å². The number of carbonyl (C=O) groups is 1. The third-order valence-electron chi connectivity index (χ3n) is 3.55. The minimum absolute atomic E-state index is 0.0753. The van der Waals surface area contributed by atoms with Crippen molar-refractivity contribution in [3.8, 4) is 17.2 Å². The Hall–Kier alpha value is -2.05. The highest BCUT2D eigenvalue weighted by atomic mass is 35.5. The van der Waals surface area contributed by atoms with Crippen molar-refractivity contribution in [1.29, 1.82) is 0 Å². The molecule has 7 heteroatoms. The van der Waals surface area contributed by atoms with E-state index in [9.17, 15) is 4.79 Å². The first-order valence-corrected chi connectivity index (χ1v) is 9.49. The molecule has 1 N–H and O–H groups in total. The zero-order chi connectivity index (χ0) is 18.9. The van der Waals surface area contributed by atoms with E-state index in [0.717, 1.165) is 5.75 Å². The number of benzene rings is 2. The van der Waals surface area contributed by atoms with Gasteiger partial charge in [0.1, 0.15) is 5.75 Å². The fourth-order valence-electron chi connectivity index (χ4n) is 2.15. The summed E-state index contributed by atoms with van der Waals surface area (Å²) in [6, 6.07) is 12.5. The summed E-state index contributed by atoms with van der Waals surface area (Å²) in [6.45, 7) is 2.38. The number of carbonyl (C=O) groups excluding carboxylic acids is 1. The van der Waals surface area contributed by atoms with E-state index in [4.69, 9.17) is 25.8 Å². The van der Waals surface area contributed by atoms with Gasteiger partial charge in [-0.25, -0.2) is 0 Å². The van der Waals surface area contributed by atoms with E-state index in [0.29, 0.717) is 34.6 Å². The topological polar surface area (TPSA) is 56.8 Å². The fourth-order valence-corrected chi connectivity index (χ4v) is 3.02. The molecule has 0 aliphatic heterocycles. The van der Waals surface area contributed by atoms with Gasteiger partial charge in [-0.05, 0) is 43.3 Å². The van der Waals surface area contributed by atoms with Gasteiger partial charge in [0.05, 0.1) is 26.1 Å². The van der Waals surface area contributed by atoms with Crippen molar-refractivity contribution in [2.24, 2.45) is 0 Å². The predicted molar refractivity (Wildman–Crippen MR) is 107 cm³/mol. The first-order chi connectivity index (χ1) is 12.5. The van der Waals surface area contributed by atoms with Gasteiger partial charge in [-0.2, -0.15) is 0 Å². The number of anilines is 1. The van der Waals surface area contributed by atoms with Crippen molar-refractivity contribution in [2.45, 2.75) is 12.2 Å². The number of halogens is 1. The summed E-state index contributed by atoms with van der Waals surface area (Å²) in [5.41, 5.74) is 0.664. The number of hydrogen-bond donors (Lipinski definition) is 1. The van der Waals surface area contributed by atoms with Crippen molar-refractivity contribution >= 4 is 35.0 Å². The lowest BCUT2D eigenvalue weighted by Gasteiger charge is -2.14. The van der Waals surface area contributed by atoms with E-state index in [-0.39, 0.29) is 11.2 Å². The number of rotatable bonds is 9. The zero-order valence-corrected chi connectivity index (χ0v) is 16.5. The molecule has 1 amide bonds. The molecule has 1 unspecified atom stereocenters. The molecule has 0 bridgehead atoms.